The minimum absolute atomic E-state index is 0.0359. The molecule has 0 fully saturated rings. The minimum Gasteiger partial charge on any atom is -0.292 e. The Labute approximate surface area is 102 Å². The Balaban J connectivity index is 2.19. The number of pyridine rings is 2. The number of nitrogens with zero attached hydrogens (tertiary/aromatic N) is 2. The van der Waals surface area contributed by atoms with Crippen molar-refractivity contribution >= 4 is 21.7 Å². The number of carbonyl (C=O) groups excluding carboxylic acids is 1. The Morgan fingerprint density at radius 1 is 1.12 bits per heavy atom. The summed E-state index contributed by atoms with van der Waals surface area (Å²) in [7, 11) is 0. The Bertz CT molecular complexity index is 499. The number of ketones is 1. The maximum Gasteiger partial charge on any atom is 0.188 e. The van der Waals surface area contributed by atoms with Crippen molar-refractivity contribution in [3.8, 4) is 0 Å². The van der Waals surface area contributed by atoms with E-state index in [1.54, 1.807) is 24.5 Å². The summed E-state index contributed by atoms with van der Waals surface area (Å²) < 4.78 is 0.718. The number of hydrogen-bond donors (Lipinski definition) is 0. The number of aromatic nitrogens is 2. The van der Waals surface area contributed by atoms with Crippen LogP contribution in [0.4, 0.5) is 0 Å². The molecule has 0 aliphatic rings. The number of hydrogen-bond acceptors (Lipinski definition) is 3. The molecule has 0 aliphatic carbocycles. The average Bonchev–Trinajstić information content (AvgIpc) is 2.31. The maximum atomic E-state index is 11.9. The van der Waals surface area contributed by atoms with Gasteiger partial charge in [0.25, 0.3) is 0 Å². The normalized spacial score (nSPS) is 10.1. The van der Waals surface area contributed by atoms with Crippen molar-refractivity contribution in [1.29, 1.82) is 0 Å². The highest BCUT2D eigenvalue weighted by Crippen LogP contribution is 2.15. The van der Waals surface area contributed by atoms with E-state index in [0.717, 1.165) is 10.2 Å². The fourth-order valence-electron chi connectivity index (χ4n) is 1.34. The molecule has 0 unspecified atom stereocenters. The van der Waals surface area contributed by atoms with Gasteiger partial charge in [-0.2, -0.15) is 0 Å². The zero-order valence-corrected chi connectivity index (χ0v) is 10.0. The molecule has 4 heteroatoms. The van der Waals surface area contributed by atoms with Gasteiger partial charge < -0.3 is 0 Å². The first kappa shape index (κ1) is 11.0. The summed E-state index contributed by atoms with van der Waals surface area (Å²) in [6, 6.07) is 9.10. The molecule has 0 saturated carbocycles. The van der Waals surface area contributed by atoms with Crippen molar-refractivity contribution < 1.29 is 4.79 Å². The predicted molar refractivity (Wildman–Crippen MR) is 64.2 cm³/mol. The summed E-state index contributed by atoms with van der Waals surface area (Å²) >= 11 is 3.31. The molecule has 0 radical (unpaired) electrons. The second-order valence-corrected chi connectivity index (χ2v) is 4.11. The van der Waals surface area contributed by atoms with Crippen LogP contribution in [0.15, 0.2) is 47.2 Å². The van der Waals surface area contributed by atoms with Gasteiger partial charge in [-0.25, -0.2) is 0 Å². The maximum absolute atomic E-state index is 11.9. The molecule has 0 aliphatic heterocycles. The van der Waals surface area contributed by atoms with Gasteiger partial charge in [-0.1, -0.05) is 6.07 Å². The van der Waals surface area contributed by atoms with E-state index in [0.29, 0.717) is 5.69 Å². The highest BCUT2D eigenvalue weighted by atomic mass is 79.9. The van der Waals surface area contributed by atoms with Crippen LogP contribution in [0, 0.1) is 0 Å². The average molecular weight is 277 g/mol. The SMILES string of the molecule is O=C(Cc1ccccn1)c1ncccc1Br. The van der Waals surface area contributed by atoms with Crippen LogP contribution in [0.3, 0.4) is 0 Å². The molecular weight excluding hydrogens is 268 g/mol. The molecule has 0 N–H and O–H groups in total. The second kappa shape index (κ2) is 4.99. The standard InChI is InChI=1S/C12H9BrN2O/c13-10-5-3-7-15-12(10)11(16)8-9-4-1-2-6-14-9/h1-7H,8H2. The monoisotopic (exact) mass is 276 g/mol. The summed E-state index contributed by atoms with van der Waals surface area (Å²) in [4.78, 5) is 20.1. The van der Waals surface area contributed by atoms with Crippen molar-refractivity contribution in [2.45, 2.75) is 6.42 Å². The highest BCUT2D eigenvalue weighted by Gasteiger charge is 2.11. The molecule has 0 atom stereocenters. The zero-order valence-electron chi connectivity index (χ0n) is 8.43. The lowest BCUT2D eigenvalue weighted by Gasteiger charge is -2.01. The van der Waals surface area contributed by atoms with Crippen molar-refractivity contribution in [3.63, 3.8) is 0 Å². The first-order chi connectivity index (χ1) is 7.77. The fourth-order valence-corrected chi connectivity index (χ4v) is 1.82. The molecule has 2 aromatic heterocycles. The number of carbonyl (C=O) groups is 1. The van der Waals surface area contributed by atoms with Crippen LogP contribution in [0.2, 0.25) is 0 Å². The van der Waals surface area contributed by atoms with Gasteiger partial charge in [0.1, 0.15) is 5.69 Å². The smallest absolute Gasteiger partial charge is 0.188 e. The zero-order chi connectivity index (χ0) is 11.4. The number of rotatable bonds is 3. The molecule has 3 nitrogen and oxygen atoms in total. The molecule has 0 spiro atoms. The van der Waals surface area contributed by atoms with Gasteiger partial charge in [0.2, 0.25) is 0 Å². The van der Waals surface area contributed by atoms with Crippen LogP contribution in [0.1, 0.15) is 16.2 Å². The highest BCUT2D eigenvalue weighted by molar-refractivity contribution is 9.10. The Morgan fingerprint density at radius 3 is 2.62 bits per heavy atom. The fraction of sp³-hybridized carbons (Fsp3) is 0.0833. The lowest BCUT2D eigenvalue weighted by molar-refractivity contribution is 0.0986. The van der Waals surface area contributed by atoms with Gasteiger partial charge in [0, 0.05) is 22.6 Å². The third kappa shape index (κ3) is 2.52. The molecule has 80 valence electrons. The molecule has 0 amide bonds. The predicted octanol–water partition coefficient (Wildman–Crippen LogP) is 2.66. The quantitative estimate of drug-likeness (QED) is 0.810. The van der Waals surface area contributed by atoms with Crippen LogP contribution in [-0.2, 0) is 6.42 Å². The van der Waals surface area contributed by atoms with Crippen molar-refractivity contribution in [2.75, 3.05) is 0 Å². The van der Waals surface area contributed by atoms with E-state index in [2.05, 4.69) is 25.9 Å². The van der Waals surface area contributed by atoms with Gasteiger partial charge >= 0.3 is 0 Å². The van der Waals surface area contributed by atoms with Gasteiger partial charge in [-0.3, -0.25) is 14.8 Å². The molecular formula is C12H9BrN2O. The van der Waals surface area contributed by atoms with Crippen molar-refractivity contribution in [1.82, 2.24) is 9.97 Å². The van der Waals surface area contributed by atoms with Crippen LogP contribution in [-0.4, -0.2) is 15.8 Å². The molecule has 16 heavy (non-hydrogen) atoms. The van der Waals surface area contributed by atoms with Gasteiger partial charge in [0.05, 0.1) is 6.42 Å². The molecule has 2 aromatic rings. The summed E-state index contributed by atoms with van der Waals surface area (Å²) in [5.74, 6) is -0.0359. The number of Topliss-reactive ketones (excluding diaryl/α,β-unsaturated/α-hetero) is 1. The van der Waals surface area contributed by atoms with Crippen LogP contribution in [0.5, 0.6) is 0 Å². The lowest BCUT2D eigenvalue weighted by Crippen LogP contribution is -2.07. The summed E-state index contributed by atoms with van der Waals surface area (Å²) in [5, 5.41) is 0. The Hall–Kier alpha value is -1.55. The third-order valence-electron chi connectivity index (χ3n) is 2.09. The molecule has 0 bridgehead atoms. The van der Waals surface area contributed by atoms with E-state index in [-0.39, 0.29) is 12.2 Å². The summed E-state index contributed by atoms with van der Waals surface area (Å²) in [6.45, 7) is 0. The first-order valence-corrected chi connectivity index (χ1v) is 5.60. The van der Waals surface area contributed by atoms with Gasteiger partial charge in [-0.15, -0.1) is 0 Å². The molecule has 0 saturated heterocycles. The van der Waals surface area contributed by atoms with Crippen LogP contribution >= 0.6 is 15.9 Å². The molecule has 2 rings (SSSR count). The Kier molecular flexibility index (Phi) is 3.41. The van der Waals surface area contributed by atoms with Crippen LogP contribution < -0.4 is 0 Å². The molecule has 2 heterocycles. The van der Waals surface area contributed by atoms with Crippen LogP contribution in [0.25, 0.3) is 0 Å². The summed E-state index contributed by atoms with van der Waals surface area (Å²) in [5.41, 5.74) is 1.21. The third-order valence-corrected chi connectivity index (χ3v) is 2.73. The van der Waals surface area contributed by atoms with E-state index < -0.39 is 0 Å². The molecule has 0 aromatic carbocycles. The van der Waals surface area contributed by atoms with E-state index in [1.165, 1.54) is 0 Å². The van der Waals surface area contributed by atoms with Gasteiger partial charge in [0.15, 0.2) is 5.78 Å². The van der Waals surface area contributed by atoms with Gasteiger partial charge in [-0.05, 0) is 40.2 Å². The largest absolute Gasteiger partial charge is 0.292 e. The lowest BCUT2D eigenvalue weighted by atomic mass is 10.1. The number of halogens is 1. The van der Waals surface area contributed by atoms with E-state index in [1.807, 2.05) is 18.2 Å². The Morgan fingerprint density at radius 2 is 1.94 bits per heavy atom. The topological polar surface area (TPSA) is 42.9 Å². The summed E-state index contributed by atoms with van der Waals surface area (Å²) in [6.07, 6.45) is 3.56. The van der Waals surface area contributed by atoms with E-state index >= 15 is 0 Å². The minimum atomic E-state index is -0.0359. The van der Waals surface area contributed by atoms with E-state index in [9.17, 15) is 4.79 Å². The van der Waals surface area contributed by atoms with Crippen molar-refractivity contribution in [2.24, 2.45) is 0 Å². The van der Waals surface area contributed by atoms with Crippen molar-refractivity contribution in [3.05, 3.63) is 58.6 Å². The first-order valence-electron chi connectivity index (χ1n) is 4.81. The second-order valence-electron chi connectivity index (χ2n) is 3.25. The van der Waals surface area contributed by atoms with E-state index in [4.69, 9.17) is 0 Å².